The van der Waals surface area contributed by atoms with Gasteiger partial charge < -0.3 is 4.90 Å². The monoisotopic (exact) mass is 547 g/mol. The molecule has 4 rings (SSSR count). The van der Waals surface area contributed by atoms with E-state index in [1.807, 2.05) is 30.3 Å². The summed E-state index contributed by atoms with van der Waals surface area (Å²) < 4.78 is 67.5. The summed E-state index contributed by atoms with van der Waals surface area (Å²) in [4.78, 5) is 24.8. The normalized spacial score (nSPS) is 17.0. The molecule has 0 N–H and O–H groups in total. The number of carbonyl (C=O) groups excluding carboxylic acids is 1. The van der Waals surface area contributed by atoms with Gasteiger partial charge in [-0.1, -0.05) is 54.6 Å². The number of nitrogens with zero attached hydrogens (tertiary/aromatic N) is 3. The second-order valence-electron chi connectivity index (χ2n) is 8.92. The van der Waals surface area contributed by atoms with Crippen LogP contribution < -0.4 is 0 Å². The average Bonchev–Trinajstić information content (AvgIpc) is 2.89. The van der Waals surface area contributed by atoms with Crippen LogP contribution in [-0.4, -0.2) is 47.6 Å². The standard InChI is InChI=1S/C26H24F3N3O5S/c27-26(28,29)21-10-6-9-20(15-21)16-31-22(14-13-19-7-2-1-3-8-19)17-30(18-25(31)33)38(36,37)24-12-5-4-11-23(24)32(34)35/h1-12,15,22H,13-14,16-18H2/t22-/m0/s1. The van der Waals surface area contributed by atoms with Gasteiger partial charge in [0.1, 0.15) is 0 Å². The lowest BCUT2D eigenvalue weighted by atomic mass is 10.0. The van der Waals surface area contributed by atoms with Gasteiger partial charge in [0.15, 0.2) is 4.90 Å². The molecule has 38 heavy (non-hydrogen) atoms. The van der Waals surface area contributed by atoms with Crippen molar-refractivity contribution in [1.29, 1.82) is 0 Å². The number of sulfonamides is 1. The van der Waals surface area contributed by atoms with Crippen LogP contribution in [0.15, 0.2) is 83.8 Å². The number of hydrogen-bond donors (Lipinski definition) is 0. The van der Waals surface area contributed by atoms with Gasteiger partial charge in [0.05, 0.1) is 17.0 Å². The molecule has 0 radical (unpaired) electrons. The zero-order valence-electron chi connectivity index (χ0n) is 20.0. The van der Waals surface area contributed by atoms with Crippen molar-refractivity contribution in [2.45, 2.75) is 36.5 Å². The average molecular weight is 548 g/mol. The molecular weight excluding hydrogens is 523 g/mol. The first-order chi connectivity index (χ1) is 18.0. The van der Waals surface area contributed by atoms with Crippen LogP contribution in [0.3, 0.4) is 0 Å². The zero-order chi connectivity index (χ0) is 27.5. The van der Waals surface area contributed by atoms with Crippen LogP contribution in [0.5, 0.6) is 0 Å². The maximum atomic E-state index is 13.4. The van der Waals surface area contributed by atoms with Gasteiger partial charge in [-0.3, -0.25) is 14.9 Å². The van der Waals surface area contributed by atoms with Crippen LogP contribution in [0.25, 0.3) is 0 Å². The minimum atomic E-state index is -4.55. The van der Waals surface area contributed by atoms with E-state index < -0.39 is 55.8 Å². The van der Waals surface area contributed by atoms with Gasteiger partial charge in [-0.25, -0.2) is 8.42 Å². The second-order valence-corrected chi connectivity index (χ2v) is 10.8. The number of para-hydroxylation sites is 1. The van der Waals surface area contributed by atoms with E-state index in [1.54, 1.807) is 0 Å². The van der Waals surface area contributed by atoms with Crippen molar-refractivity contribution in [1.82, 2.24) is 9.21 Å². The van der Waals surface area contributed by atoms with E-state index in [2.05, 4.69) is 0 Å². The summed E-state index contributed by atoms with van der Waals surface area (Å²) in [7, 11) is -4.41. The number of piperazine rings is 1. The van der Waals surface area contributed by atoms with Gasteiger partial charge in [0, 0.05) is 25.2 Å². The molecule has 3 aromatic rings. The Bertz CT molecular complexity index is 1430. The molecular formula is C26H24F3N3O5S. The Morgan fingerprint density at radius 2 is 1.61 bits per heavy atom. The Kier molecular flexibility index (Phi) is 7.83. The molecule has 1 amide bonds. The minimum absolute atomic E-state index is 0.137. The maximum Gasteiger partial charge on any atom is 0.416 e. The molecule has 1 fully saturated rings. The molecule has 1 aliphatic heterocycles. The van der Waals surface area contributed by atoms with E-state index in [0.717, 1.165) is 34.1 Å². The molecule has 1 aliphatic rings. The lowest BCUT2D eigenvalue weighted by Crippen LogP contribution is -2.57. The Labute approximate surface area is 217 Å². The quantitative estimate of drug-likeness (QED) is 0.302. The van der Waals surface area contributed by atoms with Gasteiger partial charge in [0.25, 0.3) is 5.69 Å². The maximum absolute atomic E-state index is 13.4. The molecule has 0 unspecified atom stereocenters. The first-order valence-electron chi connectivity index (χ1n) is 11.7. The van der Waals surface area contributed by atoms with Crippen LogP contribution in [0, 0.1) is 10.1 Å². The molecule has 0 bridgehead atoms. The highest BCUT2D eigenvalue weighted by Gasteiger charge is 2.41. The Balaban J connectivity index is 1.65. The third-order valence-corrected chi connectivity index (χ3v) is 8.24. The number of nitro benzene ring substituents is 1. The van der Waals surface area contributed by atoms with Gasteiger partial charge >= 0.3 is 6.18 Å². The van der Waals surface area contributed by atoms with Gasteiger partial charge in [-0.2, -0.15) is 17.5 Å². The van der Waals surface area contributed by atoms with Gasteiger partial charge in [-0.05, 0) is 42.2 Å². The lowest BCUT2D eigenvalue weighted by Gasteiger charge is -2.40. The molecule has 8 nitrogen and oxygen atoms in total. The summed E-state index contributed by atoms with van der Waals surface area (Å²) >= 11 is 0. The zero-order valence-corrected chi connectivity index (χ0v) is 20.9. The fourth-order valence-electron chi connectivity index (χ4n) is 4.48. The fraction of sp³-hybridized carbons (Fsp3) is 0.269. The predicted octanol–water partition coefficient (Wildman–Crippen LogP) is 4.65. The molecule has 0 aliphatic carbocycles. The third-order valence-electron chi connectivity index (χ3n) is 6.38. The van der Waals surface area contributed by atoms with E-state index in [0.29, 0.717) is 12.8 Å². The van der Waals surface area contributed by atoms with Crippen molar-refractivity contribution in [2.75, 3.05) is 13.1 Å². The van der Waals surface area contributed by atoms with Crippen molar-refractivity contribution in [3.8, 4) is 0 Å². The van der Waals surface area contributed by atoms with Gasteiger partial charge in [-0.15, -0.1) is 0 Å². The first kappa shape index (κ1) is 27.3. The molecule has 200 valence electrons. The number of alkyl halides is 3. The molecule has 1 atom stereocenters. The van der Waals surface area contributed by atoms with Crippen molar-refractivity contribution in [3.63, 3.8) is 0 Å². The molecule has 1 saturated heterocycles. The van der Waals surface area contributed by atoms with E-state index >= 15 is 0 Å². The lowest BCUT2D eigenvalue weighted by molar-refractivity contribution is -0.387. The number of halogens is 3. The van der Waals surface area contributed by atoms with Gasteiger partial charge in [0.2, 0.25) is 15.9 Å². The van der Waals surface area contributed by atoms with Crippen LogP contribution in [-0.2, 0) is 34.0 Å². The first-order valence-corrected chi connectivity index (χ1v) is 13.1. The molecule has 12 heteroatoms. The number of hydrogen-bond acceptors (Lipinski definition) is 5. The summed E-state index contributed by atoms with van der Waals surface area (Å²) in [5.74, 6) is -0.603. The predicted molar refractivity (Wildman–Crippen MR) is 132 cm³/mol. The minimum Gasteiger partial charge on any atom is -0.333 e. The number of amides is 1. The van der Waals surface area contributed by atoms with Crippen molar-refractivity contribution in [3.05, 3.63) is 106 Å². The molecule has 3 aromatic carbocycles. The van der Waals surface area contributed by atoms with Crippen molar-refractivity contribution >= 4 is 21.6 Å². The van der Waals surface area contributed by atoms with Crippen LogP contribution in [0.1, 0.15) is 23.1 Å². The Hall–Kier alpha value is -3.77. The van der Waals surface area contributed by atoms with Crippen molar-refractivity contribution in [2.24, 2.45) is 0 Å². The van der Waals surface area contributed by atoms with Crippen LogP contribution in [0.4, 0.5) is 18.9 Å². The highest BCUT2D eigenvalue weighted by atomic mass is 32.2. The molecule has 0 saturated carbocycles. The number of rotatable bonds is 8. The summed E-state index contributed by atoms with van der Waals surface area (Å²) in [6.07, 6.45) is -3.74. The number of benzene rings is 3. The molecule has 0 spiro atoms. The molecule has 0 aromatic heterocycles. The smallest absolute Gasteiger partial charge is 0.333 e. The Morgan fingerprint density at radius 1 is 0.947 bits per heavy atom. The fourth-order valence-corrected chi connectivity index (χ4v) is 6.06. The largest absolute Gasteiger partial charge is 0.416 e. The van der Waals surface area contributed by atoms with Crippen molar-refractivity contribution < 1.29 is 31.3 Å². The third kappa shape index (κ3) is 6.03. The topological polar surface area (TPSA) is 101 Å². The number of nitro groups is 1. The van der Waals surface area contributed by atoms with Crippen LogP contribution >= 0.6 is 0 Å². The highest BCUT2D eigenvalue weighted by molar-refractivity contribution is 7.89. The summed E-state index contributed by atoms with van der Waals surface area (Å²) in [6.45, 7) is -0.886. The Morgan fingerprint density at radius 3 is 2.29 bits per heavy atom. The van der Waals surface area contributed by atoms with E-state index in [-0.39, 0.29) is 18.7 Å². The SMILES string of the molecule is O=C1CN(S(=O)(=O)c2ccccc2[N+](=O)[O-])C[C@H](CCc2ccccc2)N1Cc1cccc(C(F)(F)F)c1. The molecule has 1 heterocycles. The van der Waals surface area contributed by atoms with E-state index in [9.17, 15) is 36.5 Å². The number of carbonyl (C=O) groups is 1. The summed E-state index contributed by atoms with van der Waals surface area (Å²) in [5, 5.41) is 11.5. The van der Waals surface area contributed by atoms with E-state index in [4.69, 9.17) is 0 Å². The number of aryl methyl sites for hydroxylation is 1. The van der Waals surface area contributed by atoms with Crippen LogP contribution in [0.2, 0.25) is 0 Å². The summed E-state index contributed by atoms with van der Waals surface area (Å²) in [5.41, 5.74) is -0.251. The second kappa shape index (κ2) is 10.9. The summed E-state index contributed by atoms with van der Waals surface area (Å²) in [6, 6.07) is 18.1. The van der Waals surface area contributed by atoms with E-state index in [1.165, 1.54) is 29.2 Å². The highest BCUT2D eigenvalue weighted by Crippen LogP contribution is 2.32.